The maximum atomic E-state index is 6.10. The third-order valence-electron chi connectivity index (χ3n) is 2.18. The summed E-state index contributed by atoms with van der Waals surface area (Å²) in [5, 5.41) is 0.566. The van der Waals surface area contributed by atoms with Crippen LogP contribution in [0.4, 0.5) is 0 Å². The summed E-state index contributed by atoms with van der Waals surface area (Å²) in [6.07, 6.45) is 1.54. The Balaban J connectivity index is 2.40. The molecule has 0 atom stereocenters. The molecule has 5 heteroatoms. The first-order valence-electron chi connectivity index (χ1n) is 4.73. The number of ether oxygens (including phenoxy) is 1. The first kappa shape index (κ1) is 11.0. The summed E-state index contributed by atoms with van der Waals surface area (Å²) < 4.78 is 10.2. The first-order valence-corrected chi connectivity index (χ1v) is 5.10. The summed E-state index contributed by atoms with van der Waals surface area (Å²) in [6.45, 7) is 0.272. The molecule has 0 saturated heterocycles. The van der Waals surface area contributed by atoms with Crippen molar-refractivity contribution in [2.75, 3.05) is 7.11 Å². The molecule has 1 heterocycles. The zero-order valence-electron chi connectivity index (χ0n) is 8.74. The summed E-state index contributed by atoms with van der Waals surface area (Å²) in [4.78, 5) is 4.20. The van der Waals surface area contributed by atoms with E-state index in [0.717, 1.165) is 5.56 Å². The lowest BCUT2D eigenvalue weighted by atomic mass is 10.1. The molecule has 84 valence electrons. The van der Waals surface area contributed by atoms with Crippen LogP contribution in [0.25, 0.3) is 11.3 Å². The Labute approximate surface area is 98.0 Å². The summed E-state index contributed by atoms with van der Waals surface area (Å²) in [5.41, 5.74) is 6.89. The van der Waals surface area contributed by atoms with Crippen molar-refractivity contribution in [3.05, 3.63) is 35.4 Å². The van der Waals surface area contributed by atoms with Crippen LogP contribution in [0.2, 0.25) is 5.02 Å². The molecular formula is C11H11ClN2O2. The zero-order valence-corrected chi connectivity index (χ0v) is 9.49. The molecule has 0 fully saturated rings. The lowest BCUT2D eigenvalue weighted by Gasteiger charge is -2.03. The van der Waals surface area contributed by atoms with Gasteiger partial charge in [0.1, 0.15) is 17.7 Å². The average Bonchev–Trinajstić information content (AvgIpc) is 2.77. The van der Waals surface area contributed by atoms with Gasteiger partial charge < -0.3 is 14.9 Å². The first-order chi connectivity index (χ1) is 7.74. The fourth-order valence-electron chi connectivity index (χ4n) is 1.36. The van der Waals surface area contributed by atoms with Crippen molar-refractivity contribution in [2.24, 2.45) is 5.73 Å². The third kappa shape index (κ3) is 2.03. The number of hydrogen-bond acceptors (Lipinski definition) is 4. The SMILES string of the molecule is COc1ccc(-c2coc(CN)n2)c(Cl)c1. The Hall–Kier alpha value is -1.52. The van der Waals surface area contributed by atoms with Crippen molar-refractivity contribution in [1.29, 1.82) is 0 Å². The molecule has 0 radical (unpaired) electrons. The van der Waals surface area contributed by atoms with E-state index in [1.54, 1.807) is 13.2 Å². The van der Waals surface area contributed by atoms with Crippen LogP contribution in [-0.2, 0) is 6.54 Å². The van der Waals surface area contributed by atoms with E-state index in [2.05, 4.69) is 4.98 Å². The molecule has 16 heavy (non-hydrogen) atoms. The highest BCUT2D eigenvalue weighted by Crippen LogP contribution is 2.30. The van der Waals surface area contributed by atoms with E-state index >= 15 is 0 Å². The van der Waals surface area contributed by atoms with Crippen LogP contribution in [0.1, 0.15) is 5.89 Å². The van der Waals surface area contributed by atoms with E-state index in [-0.39, 0.29) is 6.54 Å². The molecule has 0 aliphatic heterocycles. The van der Waals surface area contributed by atoms with Crippen LogP contribution in [0.3, 0.4) is 0 Å². The van der Waals surface area contributed by atoms with E-state index < -0.39 is 0 Å². The minimum Gasteiger partial charge on any atom is -0.497 e. The molecule has 0 amide bonds. The largest absolute Gasteiger partial charge is 0.497 e. The number of benzene rings is 1. The quantitative estimate of drug-likeness (QED) is 0.892. The molecule has 2 aromatic rings. The van der Waals surface area contributed by atoms with Crippen molar-refractivity contribution in [1.82, 2.24) is 4.98 Å². The van der Waals surface area contributed by atoms with Crippen LogP contribution >= 0.6 is 11.6 Å². The molecule has 1 aromatic heterocycles. The van der Waals surface area contributed by atoms with Gasteiger partial charge in [0, 0.05) is 5.56 Å². The van der Waals surface area contributed by atoms with Gasteiger partial charge in [0.05, 0.1) is 18.7 Å². The van der Waals surface area contributed by atoms with E-state index in [9.17, 15) is 0 Å². The molecule has 0 saturated carbocycles. The smallest absolute Gasteiger partial charge is 0.208 e. The van der Waals surface area contributed by atoms with Gasteiger partial charge in [-0.25, -0.2) is 4.98 Å². The lowest BCUT2D eigenvalue weighted by molar-refractivity contribution is 0.415. The molecule has 0 aliphatic rings. The van der Waals surface area contributed by atoms with Crippen LogP contribution in [0.15, 0.2) is 28.9 Å². The second kappa shape index (κ2) is 4.55. The average molecular weight is 239 g/mol. The van der Waals surface area contributed by atoms with Crippen LogP contribution in [0, 0.1) is 0 Å². The standard InChI is InChI=1S/C11H11ClN2O2/c1-15-7-2-3-8(9(12)4-7)10-6-16-11(5-13)14-10/h2-4,6H,5,13H2,1H3. The van der Waals surface area contributed by atoms with Crippen molar-refractivity contribution >= 4 is 11.6 Å². The Morgan fingerprint density at radius 2 is 2.31 bits per heavy atom. The Morgan fingerprint density at radius 3 is 2.88 bits per heavy atom. The highest BCUT2D eigenvalue weighted by atomic mass is 35.5. The van der Waals surface area contributed by atoms with Gasteiger partial charge in [-0.05, 0) is 18.2 Å². The molecule has 2 N–H and O–H groups in total. The number of oxazole rings is 1. The van der Waals surface area contributed by atoms with E-state index in [0.29, 0.717) is 22.4 Å². The highest BCUT2D eigenvalue weighted by molar-refractivity contribution is 6.33. The summed E-state index contributed by atoms with van der Waals surface area (Å²) >= 11 is 6.10. The molecule has 0 unspecified atom stereocenters. The van der Waals surface area contributed by atoms with Crippen LogP contribution in [-0.4, -0.2) is 12.1 Å². The zero-order chi connectivity index (χ0) is 11.5. The van der Waals surface area contributed by atoms with Crippen molar-refractivity contribution in [3.8, 4) is 17.0 Å². The number of halogens is 1. The van der Waals surface area contributed by atoms with Gasteiger partial charge in [-0.3, -0.25) is 0 Å². The minimum atomic E-state index is 0.272. The number of aromatic nitrogens is 1. The van der Waals surface area contributed by atoms with Gasteiger partial charge in [-0.15, -0.1) is 0 Å². The molecule has 0 aliphatic carbocycles. The van der Waals surface area contributed by atoms with Gasteiger partial charge in [-0.2, -0.15) is 0 Å². The van der Waals surface area contributed by atoms with E-state index in [1.807, 2.05) is 12.1 Å². The number of nitrogens with zero attached hydrogens (tertiary/aromatic N) is 1. The number of hydrogen-bond donors (Lipinski definition) is 1. The monoisotopic (exact) mass is 238 g/mol. The Kier molecular flexibility index (Phi) is 3.12. The summed E-state index contributed by atoms with van der Waals surface area (Å²) in [5.74, 6) is 1.19. The van der Waals surface area contributed by atoms with Crippen LogP contribution in [0.5, 0.6) is 5.75 Å². The number of nitrogens with two attached hydrogens (primary N) is 1. The summed E-state index contributed by atoms with van der Waals surface area (Å²) in [6, 6.07) is 5.38. The molecule has 4 nitrogen and oxygen atoms in total. The number of rotatable bonds is 3. The maximum Gasteiger partial charge on any atom is 0.208 e. The minimum absolute atomic E-state index is 0.272. The lowest BCUT2D eigenvalue weighted by Crippen LogP contribution is -1.95. The van der Waals surface area contributed by atoms with Gasteiger partial charge in [0.2, 0.25) is 5.89 Å². The summed E-state index contributed by atoms with van der Waals surface area (Å²) in [7, 11) is 1.59. The fourth-order valence-corrected chi connectivity index (χ4v) is 1.63. The normalized spacial score (nSPS) is 10.4. The predicted octanol–water partition coefficient (Wildman–Crippen LogP) is 2.46. The van der Waals surface area contributed by atoms with Gasteiger partial charge >= 0.3 is 0 Å². The Bertz CT molecular complexity index is 496. The second-order valence-corrected chi connectivity index (χ2v) is 3.58. The van der Waals surface area contributed by atoms with Crippen molar-refractivity contribution in [2.45, 2.75) is 6.54 Å². The number of methoxy groups -OCH3 is 1. The second-order valence-electron chi connectivity index (χ2n) is 3.18. The maximum absolute atomic E-state index is 6.10. The highest BCUT2D eigenvalue weighted by Gasteiger charge is 2.09. The molecule has 1 aromatic carbocycles. The van der Waals surface area contributed by atoms with Crippen molar-refractivity contribution in [3.63, 3.8) is 0 Å². The van der Waals surface area contributed by atoms with Crippen LogP contribution < -0.4 is 10.5 Å². The van der Waals surface area contributed by atoms with Gasteiger partial charge in [-0.1, -0.05) is 11.6 Å². The third-order valence-corrected chi connectivity index (χ3v) is 2.49. The van der Waals surface area contributed by atoms with Crippen molar-refractivity contribution < 1.29 is 9.15 Å². The van der Waals surface area contributed by atoms with E-state index in [1.165, 1.54) is 6.26 Å². The molecular weight excluding hydrogens is 228 g/mol. The Morgan fingerprint density at radius 1 is 1.50 bits per heavy atom. The van der Waals surface area contributed by atoms with Gasteiger partial charge in [0.25, 0.3) is 0 Å². The van der Waals surface area contributed by atoms with Gasteiger partial charge in [0.15, 0.2) is 0 Å². The molecule has 0 spiro atoms. The molecule has 0 bridgehead atoms. The molecule has 2 rings (SSSR count). The predicted molar refractivity (Wildman–Crippen MR) is 61.4 cm³/mol. The topological polar surface area (TPSA) is 61.3 Å². The fraction of sp³-hybridized carbons (Fsp3) is 0.182. The van der Waals surface area contributed by atoms with E-state index in [4.69, 9.17) is 26.5 Å².